The Balaban J connectivity index is 0.000000188. The highest BCUT2D eigenvalue weighted by Gasteiger charge is 2.33. The molecule has 12 rings (SSSR count). The van der Waals surface area contributed by atoms with Gasteiger partial charge in [-0.05, 0) is 95.8 Å². The van der Waals surface area contributed by atoms with Crippen molar-refractivity contribution in [3.63, 3.8) is 0 Å². The first-order valence-electron chi connectivity index (χ1n) is 30.7. The monoisotopic (exact) mass is 1240 g/mol. The molecule has 0 radical (unpaired) electrons. The van der Waals surface area contributed by atoms with E-state index < -0.39 is 0 Å². The number of aliphatic hydroxyl groups excluding tert-OH is 1. The number of rotatable bonds is 12. The third kappa shape index (κ3) is 13.3. The molecule has 2 saturated heterocycles. The minimum atomic E-state index is -0.310. The lowest BCUT2D eigenvalue weighted by molar-refractivity contribution is 0.0301. The van der Waals surface area contributed by atoms with E-state index in [-0.39, 0.29) is 63.6 Å². The Labute approximate surface area is 532 Å². The number of ether oxygens (including phenoxy) is 2. The van der Waals surface area contributed by atoms with Gasteiger partial charge in [0.15, 0.2) is 6.29 Å². The second-order valence-electron chi connectivity index (χ2n) is 25.2. The van der Waals surface area contributed by atoms with Gasteiger partial charge in [0.05, 0.1) is 66.7 Å². The van der Waals surface area contributed by atoms with E-state index in [0.717, 1.165) is 28.8 Å². The van der Waals surface area contributed by atoms with Crippen LogP contribution >= 0.6 is 0 Å². The van der Waals surface area contributed by atoms with Gasteiger partial charge in [-0.25, -0.2) is 9.97 Å². The molecule has 4 aliphatic rings. The molecule has 4 amide bonds. The van der Waals surface area contributed by atoms with Gasteiger partial charge in [0.2, 0.25) is 0 Å². The molecule has 0 unspecified atom stereocenters. The van der Waals surface area contributed by atoms with Crippen LogP contribution in [0.4, 0.5) is 34.4 Å². The van der Waals surface area contributed by atoms with E-state index in [1.54, 1.807) is 113 Å². The number of morpholine rings is 2. The van der Waals surface area contributed by atoms with Crippen molar-refractivity contribution in [2.45, 2.75) is 71.8 Å². The Bertz CT molecular complexity index is 4290. The molecular formula is C70H74N12O10. The largest absolute Gasteiger partial charge is 0.392 e. The first-order valence-corrected chi connectivity index (χ1v) is 30.7. The zero-order chi connectivity index (χ0) is 65.2. The van der Waals surface area contributed by atoms with E-state index in [4.69, 9.17) is 9.47 Å². The maximum absolute atomic E-state index is 13.7. The minimum Gasteiger partial charge on any atom is -0.392 e. The summed E-state index contributed by atoms with van der Waals surface area (Å²) in [6.07, 6.45) is 11.7. The van der Waals surface area contributed by atoms with Gasteiger partial charge >= 0.3 is 0 Å². The molecule has 0 saturated carbocycles. The summed E-state index contributed by atoms with van der Waals surface area (Å²) in [6, 6.07) is 25.0. The van der Waals surface area contributed by atoms with Gasteiger partial charge in [-0.3, -0.25) is 43.5 Å². The van der Waals surface area contributed by atoms with Crippen molar-refractivity contribution in [3.8, 4) is 22.3 Å². The van der Waals surface area contributed by atoms with Gasteiger partial charge in [0.25, 0.3) is 34.7 Å². The van der Waals surface area contributed by atoms with Crippen LogP contribution in [0.3, 0.4) is 0 Å². The summed E-state index contributed by atoms with van der Waals surface area (Å²) >= 11 is 0. The smallest absolute Gasteiger partial charge is 0.274 e. The van der Waals surface area contributed by atoms with Gasteiger partial charge in [0.1, 0.15) is 23.0 Å². The number of amides is 4. The number of hydrogen-bond donors (Lipinski definition) is 3. The molecule has 0 bridgehead atoms. The Morgan fingerprint density at radius 1 is 0.543 bits per heavy atom. The predicted molar refractivity (Wildman–Crippen MR) is 351 cm³/mol. The Morgan fingerprint density at radius 2 is 0.978 bits per heavy atom. The number of aliphatic hydroxyl groups is 1. The normalized spacial score (nSPS) is 15.1. The number of carbonyl (C=O) groups is 5. The lowest BCUT2D eigenvalue weighted by Gasteiger charge is -2.31. The van der Waals surface area contributed by atoms with E-state index in [1.807, 2.05) is 30.3 Å². The number of carbonyl (C=O) groups excluding carboxylic acids is 5. The number of anilines is 6. The van der Waals surface area contributed by atoms with Crippen molar-refractivity contribution >= 4 is 64.3 Å². The van der Waals surface area contributed by atoms with Crippen LogP contribution in [0, 0.1) is 0 Å². The second-order valence-corrected chi connectivity index (χ2v) is 25.2. The van der Waals surface area contributed by atoms with Crippen LogP contribution in [0.1, 0.15) is 121 Å². The standard InChI is InChI=1S/C35H38N6O5.C35H36N6O5/c2*1-35(2,3)30-17-22-10-11-41(33(44)26(22)19-36-30)29-7-5-6-25(27(29)21-42)24-16-28(34(45)39(4)20-24)38-31-9-8-23(18-37-31)32(43)40-12-14-46-15-13-40/h5-9,16-20,42H,10-15,21H2,1-4H3,(H,37,38);5-9,16-21H,10-15H2,1-4H3,(H,37,38). The SMILES string of the molecule is Cn1cc(-c2cccc(N3CCc4cc(C(C)(C)C)ncc4C3=O)c2C=O)cc(Nc2ccc(C(=O)N3CCOCC3)cn2)c1=O.Cn1cc(-c2cccc(N3CCc4cc(C(C)(C)C)ncc4C3=O)c2CO)cc(Nc2ccc(C(=O)N3CCOCC3)cn2)c1=O. The van der Waals surface area contributed by atoms with Crippen LogP contribution in [0.5, 0.6) is 0 Å². The number of fused-ring (bicyclic) bond motifs is 2. The third-order valence-electron chi connectivity index (χ3n) is 16.9. The summed E-state index contributed by atoms with van der Waals surface area (Å²) in [6.45, 7) is 17.3. The summed E-state index contributed by atoms with van der Waals surface area (Å²) < 4.78 is 13.5. The number of aldehydes is 1. The molecule has 22 heteroatoms. The third-order valence-corrected chi connectivity index (χ3v) is 16.9. The van der Waals surface area contributed by atoms with E-state index in [2.05, 4.69) is 72.1 Å². The first kappa shape index (κ1) is 63.5. The van der Waals surface area contributed by atoms with E-state index in [0.29, 0.717) is 157 Å². The Kier molecular flexibility index (Phi) is 18.3. The second kappa shape index (κ2) is 26.4. The Morgan fingerprint density at radius 3 is 1.40 bits per heavy atom. The van der Waals surface area contributed by atoms with Crippen LogP contribution in [0.2, 0.25) is 0 Å². The molecule has 0 aliphatic carbocycles. The number of hydrogen-bond acceptors (Lipinski definition) is 16. The number of nitrogens with zero attached hydrogens (tertiary/aromatic N) is 10. The van der Waals surface area contributed by atoms with Gasteiger partial charge < -0.3 is 53.9 Å². The molecule has 474 valence electrons. The summed E-state index contributed by atoms with van der Waals surface area (Å²) in [5.74, 6) is 0.188. The van der Waals surface area contributed by atoms with Crippen LogP contribution in [0.25, 0.3) is 22.3 Å². The van der Waals surface area contributed by atoms with Crippen LogP contribution in [0.15, 0.2) is 132 Å². The van der Waals surface area contributed by atoms with E-state index in [9.17, 15) is 38.7 Å². The molecule has 0 spiro atoms. The number of aromatic nitrogens is 6. The fourth-order valence-corrected chi connectivity index (χ4v) is 11.7. The van der Waals surface area contributed by atoms with Crippen molar-refractivity contribution in [2.24, 2.45) is 14.1 Å². The molecule has 22 nitrogen and oxygen atoms in total. The van der Waals surface area contributed by atoms with E-state index >= 15 is 0 Å². The summed E-state index contributed by atoms with van der Waals surface area (Å²) in [5.41, 5.74) is 10.0. The Hall–Kier alpha value is -10.0. The molecule has 2 aromatic carbocycles. The maximum atomic E-state index is 13.7. The fraction of sp³-hybridized carbons (Fsp3) is 0.329. The molecule has 2 fully saturated rings. The maximum Gasteiger partial charge on any atom is 0.274 e. The van der Waals surface area contributed by atoms with Crippen LogP contribution in [-0.4, -0.2) is 140 Å². The van der Waals surface area contributed by atoms with Crippen molar-refractivity contribution in [3.05, 3.63) is 199 Å². The number of nitrogens with one attached hydrogen (secondary N) is 2. The van der Waals surface area contributed by atoms with Gasteiger partial charge in [-0.2, -0.15) is 0 Å². The summed E-state index contributed by atoms with van der Waals surface area (Å²) in [5, 5.41) is 16.8. The quantitative estimate of drug-likeness (QED) is 0.0970. The van der Waals surface area contributed by atoms with Crippen molar-refractivity contribution < 1.29 is 38.6 Å². The lowest BCUT2D eigenvalue weighted by atomic mass is 9.88. The van der Waals surface area contributed by atoms with Gasteiger partial charge in [0, 0.05) is 135 Å². The average Bonchev–Trinajstić information content (AvgIpc) is 0.785. The lowest BCUT2D eigenvalue weighted by Crippen LogP contribution is -2.40. The molecule has 8 aromatic rings. The van der Waals surface area contributed by atoms with Crippen molar-refractivity contribution in [1.29, 1.82) is 0 Å². The number of pyridine rings is 6. The molecule has 10 heterocycles. The highest BCUT2D eigenvalue weighted by atomic mass is 16.5. The average molecular weight is 1240 g/mol. The number of benzene rings is 2. The summed E-state index contributed by atoms with van der Waals surface area (Å²) in [7, 11) is 3.28. The zero-order valence-electron chi connectivity index (χ0n) is 52.9. The molecule has 92 heavy (non-hydrogen) atoms. The minimum absolute atomic E-state index is 0.113. The molecule has 6 aromatic heterocycles. The fourth-order valence-electron chi connectivity index (χ4n) is 11.7. The molecule has 4 aliphatic heterocycles. The van der Waals surface area contributed by atoms with E-state index in [1.165, 1.54) is 21.5 Å². The molecule has 0 atom stereocenters. The van der Waals surface area contributed by atoms with Gasteiger partial charge in [-0.15, -0.1) is 0 Å². The van der Waals surface area contributed by atoms with Gasteiger partial charge in [-0.1, -0.05) is 65.8 Å². The highest BCUT2D eigenvalue weighted by molar-refractivity contribution is 6.11. The first-order chi connectivity index (χ1) is 44.1. The predicted octanol–water partition coefficient (Wildman–Crippen LogP) is 8.42. The zero-order valence-corrected chi connectivity index (χ0v) is 52.9. The highest BCUT2D eigenvalue weighted by Crippen LogP contribution is 2.38. The summed E-state index contributed by atoms with van der Waals surface area (Å²) in [4.78, 5) is 117. The van der Waals surface area contributed by atoms with Crippen molar-refractivity contribution in [2.75, 3.05) is 86.1 Å². The number of aryl methyl sites for hydroxylation is 2. The molecule has 3 N–H and O–H groups in total. The molecular weight excluding hydrogens is 1170 g/mol. The van der Waals surface area contributed by atoms with Crippen molar-refractivity contribution in [1.82, 2.24) is 38.9 Å². The van der Waals surface area contributed by atoms with Crippen LogP contribution in [-0.2, 0) is 53.8 Å². The van der Waals surface area contributed by atoms with Crippen LogP contribution < -0.4 is 31.6 Å². The topological polar surface area (TPSA) is 257 Å².